The van der Waals surface area contributed by atoms with Crippen LogP contribution in [0.3, 0.4) is 0 Å². The molecule has 1 aromatic heterocycles. The van der Waals surface area contributed by atoms with Gasteiger partial charge in [-0.25, -0.2) is 14.6 Å². The third kappa shape index (κ3) is 4.41. The first kappa shape index (κ1) is 15.7. The summed E-state index contributed by atoms with van der Waals surface area (Å²) in [5.74, 6) is -1.20. The molecule has 1 rings (SSSR count). The minimum Gasteiger partial charge on any atom is -0.480 e. The van der Waals surface area contributed by atoms with Gasteiger partial charge in [0.2, 0.25) is 0 Å². The van der Waals surface area contributed by atoms with E-state index in [4.69, 9.17) is 5.11 Å². The minimum atomic E-state index is -4.56. The van der Waals surface area contributed by atoms with Crippen LogP contribution in [0.1, 0.15) is 19.0 Å². The van der Waals surface area contributed by atoms with E-state index in [2.05, 4.69) is 15.6 Å². The normalized spacial score (nSPS) is 12.6. The Morgan fingerprint density at radius 2 is 2.05 bits per heavy atom. The van der Waals surface area contributed by atoms with Gasteiger partial charge in [0, 0.05) is 0 Å². The number of hydrogen-bond donors (Lipinski definition) is 3. The van der Waals surface area contributed by atoms with Gasteiger partial charge >= 0.3 is 18.2 Å². The number of halogens is 3. The molecule has 1 heterocycles. The number of pyridine rings is 1. The van der Waals surface area contributed by atoms with Crippen molar-refractivity contribution in [1.82, 2.24) is 10.3 Å². The molecule has 3 N–H and O–H groups in total. The minimum absolute atomic E-state index is 0.0238. The molecule has 0 spiro atoms. The van der Waals surface area contributed by atoms with Gasteiger partial charge in [0.15, 0.2) is 0 Å². The zero-order valence-electron chi connectivity index (χ0n) is 10.4. The van der Waals surface area contributed by atoms with Gasteiger partial charge in [0.25, 0.3) is 0 Å². The van der Waals surface area contributed by atoms with E-state index in [0.29, 0.717) is 6.07 Å². The predicted molar refractivity (Wildman–Crippen MR) is 63.1 cm³/mol. The van der Waals surface area contributed by atoms with Gasteiger partial charge in [0.1, 0.15) is 11.7 Å². The van der Waals surface area contributed by atoms with Crippen LogP contribution in [0.4, 0.5) is 23.7 Å². The van der Waals surface area contributed by atoms with Crippen LogP contribution in [-0.4, -0.2) is 28.1 Å². The lowest BCUT2D eigenvalue weighted by atomic mass is 10.2. The summed E-state index contributed by atoms with van der Waals surface area (Å²) in [4.78, 5) is 25.3. The summed E-state index contributed by atoms with van der Waals surface area (Å²) in [5.41, 5.74) is -1.06. The second-order valence-electron chi connectivity index (χ2n) is 3.83. The fourth-order valence-corrected chi connectivity index (χ4v) is 1.30. The van der Waals surface area contributed by atoms with Crippen molar-refractivity contribution in [3.63, 3.8) is 0 Å². The molecule has 1 aromatic rings. The Balaban J connectivity index is 2.65. The highest BCUT2D eigenvalue weighted by molar-refractivity contribution is 5.92. The van der Waals surface area contributed by atoms with E-state index in [1.165, 1.54) is 0 Å². The van der Waals surface area contributed by atoms with Crippen LogP contribution >= 0.6 is 0 Å². The molecule has 0 saturated heterocycles. The Kier molecular flexibility index (Phi) is 4.89. The molecule has 110 valence electrons. The Hall–Kier alpha value is -2.32. The summed E-state index contributed by atoms with van der Waals surface area (Å²) in [6, 6.07) is -0.167. The highest BCUT2D eigenvalue weighted by Crippen LogP contribution is 2.27. The number of aliphatic carboxylic acids is 1. The van der Waals surface area contributed by atoms with E-state index in [9.17, 15) is 22.8 Å². The standard InChI is InChI=1S/C11H12F3N3O3/c1-2-7(9(18)19)17-10(20)16-6-3-4-8(15-5-6)11(12,13)14/h3-5,7H,2H2,1H3,(H,18,19)(H2,16,17,20)/t7-/m1/s1. The summed E-state index contributed by atoms with van der Waals surface area (Å²) in [7, 11) is 0. The third-order valence-corrected chi connectivity index (χ3v) is 2.32. The monoisotopic (exact) mass is 291 g/mol. The zero-order chi connectivity index (χ0) is 15.3. The van der Waals surface area contributed by atoms with Crippen LogP contribution in [-0.2, 0) is 11.0 Å². The van der Waals surface area contributed by atoms with Gasteiger partial charge < -0.3 is 15.7 Å². The number of nitrogens with zero attached hydrogens (tertiary/aromatic N) is 1. The smallest absolute Gasteiger partial charge is 0.433 e. The highest BCUT2D eigenvalue weighted by Gasteiger charge is 2.32. The van der Waals surface area contributed by atoms with Gasteiger partial charge in [-0.05, 0) is 18.6 Å². The van der Waals surface area contributed by atoms with Crippen LogP contribution in [0, 0.1) is 0 Å². The van der Waals surface area contributed by atoms with Gasteiger partial charge in [-0.2, -0.15) is 13.2 Å². The number of nitrogens with one attached hydrogen (secondary N) is 2. The first-order valence-corrected chi connectivity index (χ1v) is 5.57. The lowest BCUT2D eigenvalue weighted by molar-refractivity contribution is -0.141. The van der Waals surface area contributed by atoms with Crippen LogP contribution < -0.4 is 10.6 Å². The number of carbonyl (C=O) groups excluding carboxylic acids is 1. The number of urea groups is 1. The van der Waals surface area contributed by atoms with Crippen molar-refractivity contribution in [2.24, 2.45) is 0 Å². The first-order chi connectivity index (χ1) is 9.24. The number of carboxylic acid groups (broad SMARTS) is 1. The number of hydrogen-bond acceptors (Lipinski definition) is 3. The molecule has 0 fully saturated rings. The van der Waals surface area contributed by atoms with Crippen LogP contribution in [0.2, 0.25) is 0 Å². The maximum Gasteiger partial charge on any atom is 0.433 e. The van der Waals surface area contributed by atoms with Crippen molar-refractivity contribution in [3.05, 3.63) is 24.0 Å². The average Bonchev–Trinajstić information content (AvgIpc) is 2.35. The molecule has 0 unspecified atom stereocenters. The van der Waals surface area contributed by atoms with Gasteiger partial charge in [-0.15, -0.1) is 0 Å². The van der Waals surface area contributed by atoms with E-state index >= 15 is 0 Å². The summed E-state index contributed by atoms with van der Waals surface area (Å²) < 4.78 is 36.8. The Morgan fingerprint density at radius 3 is 2.45 bits per heavy atom. The van der Waals surface area contributed by atoms with E-state index in [1.807, 2.05) is 0 Å². The number of alkyl halides is 3. The zero-order valence-corrected chi connectivity index (χ0v) is 10.4. The first-order valence-electron chi connectivity index (χ1n) is 5.57. The van der Waals surface area contributed by atoms with Crippen molar-refractivity contribution in [3.8, 4) is 0 Å². The van der Waals surface area contributed by atoms with Gasteiger partial charge in [-0.3, -0.25) is 0 Å². The van der Waals surface area contributed by atoms with Crippen LogP contribution in [0.15, 0.2) is 18.3 Å². The van der Waals surface area contributed by atoms with E-state index in [1.54, 1.807) is 6.92 Å². The molecule has 1 atom stereocenters. The molecular weight excluding hydrogens is 279 g/mol. The fraction of sp³-hybridized carbons (Fsp3) is 0.364. The maximum absolute atomic E-state index is 12.3. The lowest BCUT2D eigenvalue weighted by Gasteiger charge is -2.13. The second-order valence-corrected chi connectivity index (χ2v) is 3.83. The van der Waals surface area contributed by atoms with E-state index in [-0.39, 0.29) is 12.1 Å². The largest absolute Gasteiger partial charge is 0.480 e. The quantitative estimate of drug-likeness (QED) is 0.792. The van der Waals surface area contributed by atoms with Crippen molar-refractivity contribution in [1.29, 1.82) is 0 Å². The molecule has 0 bridgehead atoms. The number of aromatic nitrogens is 1. The Bertz CT molecular complexity index is 488. The molecule has 0 aliphatic rings. The molecule has 0 aliphatic heterocycles. The highest BCUT2D eigenvalue weighted by atomic mass is 19.4. The van der Waals surface area contributed by atoms with Crippen molar-refractivity contribution in [2.45, 2.75) is 25.6 Å². The van der Waals surface area contributed by atoms with Crippen molar-refractivity contribution in [2.75, 3.05) is 5.32 Å². The fourth-order valence-electron chi connectivity index (χ4n) is 1.30. The maximum atomic E-state index is 12.3. The third-order valence-electron chi connectivity index (χ3n) is 2.32. The summed E-state index contributed by atoms with van der Waals surface area (Å²) in [6.07, 6.45) is -3.55. The van der Waals surface area contributed by atoms with Crippen LogP contribution in [0.5, 0.6) is 0 Å². The number of carbonyl (C=O) groups is 2. The summed E-state index contributed by atoms with van der Waals surface area (Å²) >= 11 is 0. The predicted octanol–water partition coefficient (Wildman–Crippen LogP) is 2.09. The number of carboxylic acids is 1. The number of amides is 2. The van der Waals surface area contributed by atoms with Crippen molar-refractivity contribution < 1.29 is 27.9 Å². The summed E-state index contributed by atoms with van der Waals surface area (Å²) in [6.45, 7) is 1.57. The number of anilines is 1. The van der Waals surface area contributed by atoms with Gasteiger partial charge in [-0.1, -0.05) is 6.92 Å². The molecule has 0 aromatic carbocycles. The molecule has 0 radical (unpaired) electrons. The summed E-state index contributed by atoms with van der Waals surface area (Å²) in [5, 5.41) is 13.1. The van der Waals surface area contributed by atoms with E-state index in [0.717, 1.165) is 12.3 Å². The topological polar surface area (TPSA) is 91.3 Å². The molecule has 9 heteroatoms. The van der Waals surface area contributed by atoms with Gasteiger partial charge in [0.05, 0.1) is 11.9 Å². The van der Waals surface area contributed by atoms with E-state index < -0.39 is 29.9 Å². The Labute approximate surface area is 112 Å². The Morgan fingerprint density at radius 1 is 1.40 bits per heavy atom. The number of rotatable bonds is 4. The molecule has 6 nitrogen and oxygen atoms in total. The molecule has 0 aliphatic carbocycles. The lowest BCUT2D eigenvalue weighted by Crippen LogP contribution is -2.42. The molecule has 0 saturated carbocycles. The molecular formula is C11H12F3N3O3. The van der Waals surface area contributed by atoms with Crippen molar-refractivity contribution >= 4 is 17.7 Å². The molecule has 2 amide bonds. The average molecular weight is 291 g/mol. The second kappa shape index (κ2) is 6.22. The SMILES string of the molecule is CC[C@@H](NC(=O)Nc1ccc(C(F)(F)F)nc1)C(=O)O. The molecule has 20 heavy (non-hydrogen) atoms. The van der Waals surface area contributed by atoms with Crippen LogP contribution in [0.25, 0.3) is 0 Å².